The van der Waals surface area contributed by atoms with Crippen molar-refractivity contribution in [2.24, 2.45) is 11.8 Å². The SMILES string of the molecule is CCCCC(C)C(C)C(O)C(=O)O. The van der Waals surface area contributed by atoms with Gasteiger partial charge in [0.1, 0.15) is 0 Å². The predicted octanol–water partition coefficient (Wildman–Crippen LogP) is 1.89. The smallest absolute Gasteiger partial charge is 0.332 e. The molecule has 0 heterocycles. The van der Waals surface area contributed by atoms with Crippen LogP contribution in [0.4, 0.5) is 0 Å². The summed E-state index contributed by atoms with van der Waals surface area (Å²) in [6.07, 6.45) is 1.98. The van der Waals surface area contributed by atoms with E-state index < -0.39 is 12.1 Å². The van der Waals surface area contributed by atoms with Crippen molar-refractivity contribution in [3.63, 3.8) is 0 Å². The molecule has 0 spiro atoms. The average molecular weight is 188 g/mol. The van der Waals surface area contributed by atoms with E-state index in [1.54, 1.807) is 6.92 Å². The van der Waals surface area contributed by atoms with Crippen LogP contribution in [0, 0.1) is 11.8 Å². The lowest BCUT2D eigenvalue weighted by Gasteiger charge is -2.22. The minimum Gasteiger partial charge on any atom is -0.479 e. The van der Waals surface area contributed by atoms with Gasteiger partial charge < -0.3 is 10.2 Å². The zero-order valence-electron chi connectivity index (χ0n) is 8.66. The van der Waals surface area contributed by atoms with Crippen LogP contribution in [0.25, 0.3) is 0 Å². The van der Waals surface area contributed by atoms with Gasteiger partial charge in [0.15, 0.2) is 6.10 Å². The summed E-state index contributed by atoms with van der Waals surface area (Å²) >= 11 is 0. The van der Waals surface area contributed by atoms with Crippen molar-refractivity contribution in [3.05, 3.63) is 0 Å². The number of hydrogen-bond acceptors (Lipinski definition) is 2. The fraction of sp³-hybridized carbons (Fsp3) is 0.900. The number of rotatable bonds is 6. The van der Waals surface area contributed by atoms with E-state index in [1.807, 2.05) is 6.92 Å². The number of carbonyl (C=O) groups is 1. The van der Waals surface area contributed by atoms with E-state index in [0.29, 0.717) is 0 Å². The summed E-state index contributed by atoms with van der Waals surface area (Å²) in [6.45, 7) is 5.89. The van der Waals surface area contributed by atoms with E-state index in [4.69, 9.17) is 5.11 Å². The second kappa shape index (κ2) is 5.97. The van der Waals surface area contributed by atoms with Gasteiger partial charge in [-0.3, -0.25) is 0 Å². The maximum atomic E-state index is 10.5. The molecule has 0 aromatic rings. The van der Waals surface area contributed by atoms with Crippen molar-refractivity contribution < 1.29 is 15.0 Å². The highest BCUT2D eigenvalue weighted by Gasteiger charge is 2.25. The Bertz CT molecular complexity index is 156. The summed E-state index contributed by atoms with van der Waals surface area (Å²) in [6, 6.07) is 0. The number of aliphatic hydroxyl groups excluding tert-OH is 1. The van der Waals surface area contributed by atoms with Gasteiger partial charge in [-0.2, -0.15) is 0 Å². The molecule has 0 aliphatic rings. The number of hydrogen-bond donors (Lipinski definition) is 2. The van der Waals surface area contributed by atoms with E-state index in [0.717, 1.165) is 19.3 Å². The first-order valence-corrected chi connectivity index (χ1v) is 4.91. The Kier molecular flexibility index (Phi) is 5.71. The van der Waals surface area contributed by atoms with Crippen LogP contribution in [-0.4, -0.2) is 22.3 Å². The highest BCUT2D eigenvalue weighted by molar-refractivity contribution is 5.72. The quantitative estimate of drug-likeness (QED) is 0.669. The Labute approximate surface area is 79.8 Å². The number of aliphatic carboxylic acids is 1. The maximum absolute atomic E-state index is 10.5. The van der Waals surface area contributed by atoms with Crippen molar-refractivity contribution in [2.45, 2.75) is 46.1 Å². The van der Waals surface area contributed by atoms with Gasteiger partial charge >= 0.3 is 5.97 Å². The van der Waals surface area contributed by atoms with Crippen molar-refractivity contribution in [2.75, 3.05) is 0 Å². The molecular weight excluding hydrogens is 168 g/mol. The first kappa shape index (κ1) is 12.4. The van der Waals surface area contributed by atoms with Crippen LogP contribution in [0.5, 0.6) is 0 Å². The van der Waals surface area contributed by atoms with Gasteiger partial charge in [-0.1, -0.05) is 40.0 Å². The normalized spacial score (nSPS) is 17.8. The van der Waals surface area contributed by atoms with Crippen LogP contribution in [0.15, 0.2) is 0 Å². The lowest BCUT2D eigenvalue weighted by Crippen LogP contribution is -2.31. The fourth-order valence-electron chi connectivity index (χ4n) is 1.33. The van der Waals surface area contributed by atoms with Crippen molar-refractivity contribution >= 4 is 5.97 Å². The number of carboxylic acids is 1. The summed E-state index contributed by atoms with van der Waals surface area (Å²) in [4.78, 5) is 10.5. The van der Waals surface area contributed by atoms with Crippen LogP contribution in [0.2, 0.25) is 0 Å². The molecule has 0 aromatic carbocycles. The molecule has 0 aromatic heterocycles. The van der Waals surface area contributed by atoms with E-state index >= 15 is 0 Å². The van der Waals surface area contributed by atoms with E-state index in [-0.39, 0.29) is 11.8 Å². The molecule has 2 N–H and O–H groups in total. The maximum Gasteiger partial charge on any atom is 0.332 e. The zero-order chi connectivity index (χ0) is 10.4. The summed E-state index contributed by atoms with van der Waals surface area (Å²) in [5.41, 5.74) is 0. The molecule has 0 aliphatic heterocycles. The third-order valence-corrected chi connectivity index (χ3v) is 2.66. The monoisotopic (exact) mass is 188 g/mol. The van der Waals surface area contributed by atoms with Crippen LogP contribution < -0.4 is 0 Å². The molecule has 0 saturated heterocycles. The summed E-state index contributed by atoms with van der Waals surface area (Å²) in [7, 11) is 0. The van der Waals surface area contributed by atoms with Crippen molar-refractivity contribution in [3.8, 4) is 0 Å². The largest absolute Gasteiger partial charge is 0.479 e. The molecule has 3 heteroatoms. The van der Waals surface area contributed by atoms with Gasteiger partial charge in [-0.25, -0.2) is 4.79 Å². The van der Waals surface area contributed by atoms with Gasteiger partial charge in [-0.15, -0.1) is 0 Å². The Morgan fingerprint density at radius 3 is 2.31 bits per heavy atom. The minimum atomic E-state index is -1.22. The third kappa shape index (κ3) is 4.27. The summed E-state index contributed by atoms with van der Waals surface area (Å²) in [5.74, 6) is -1.01. The number of aliphatic hydroxyl groups is 1. The van der Waals surface area contributed by atoms with Crippen LogP contribution in [0.1, 0.15) is 40.0 Å². The van der Waals surface area contributed by atoms with Crippen LogP contribution in [0.3, 0.4) is 0 Å². The molecule has 0 radical (unpaired) electrons. The Morgan fingerprint density at radius 1 is 1.38 bits per heavy atom. The molecule has 78 valence electrons. The van der Waals surface area contributed by atoms with Gasteiger partial charge in [0.2, 0.25) is 0 Å². The Balaban J connectivity index is 3.93. The average Bonchev–Trinajstić information content (AvgIpc) is 2.11. The molecule has 0 amide bonds. The zero-order valence-corrected chi connectivity index (χ0v) is 8.66. The summed E-state index contributed by atoms with van der Waals surface area (Å²) in [5, 5.41) is 17.8. The Morgan fingerprint density at radius 2 is 1.92 bits per heavy atom. The van der Waals surface area contributed by atoms with Gasteiger partial charge in [0.05, 0.1) is 0 Å². The molecule has 13 heavy (non-hydrogen) atoms. The molecule has 0 aliphatic carbocycles. The molecule has 3 unspecified atom stereocenters. The molecule has 0 rings (SSSR count). The van der Waals surface area contributed by atoms with E-state index in [9.17, 15) is 9.90 Å². The Hall–Kier alpha value is -0.570. The summed E-state index contributed by atoms with van der Waals surface area (Å²) < 4.78 is 0. The topological polar surface area (TPSA) is 57.5 Å². The molecule has 0 fully saturated rings. The highest BCUT2D eigenvalue weighted by atomic mass is 16.4. The molecule has 3 atom stereocenters. The molecule has 0 saturated carbocycles. The van der Waals surface area contributed by atoms with Crippen molar-refractivity contribution in [1.29, 1.82) is 0 Å². The first-order valence-electron chi connectivity index (χ1n) is 4.91. The fourth-order valence-corrected chi connectivity index (χ4v) is 1.33. The minimum absolute atomic E-state index is 0.163. The van der Waals surface area contributed by atoms with Crippen LogP contribution in [-0.2, 0) is 4.79 Å². The highest BCUT2D eigenvalue weighted by Crippen LogP contribution is 2.21. The molecule has 3 nitrogen and oxygen atoms in total. The standard InChI is InChI=1S/C10H20O3/c1-4-5-6-7(2)8(3)9(11)10(12)13/h7-9,11H,4-6H2,1-3H3,(H,12,13). The second-order valence-electron chi connectivity index (χ2n) is 3.76. The van der Waals surface area contributed by atoms with Gasteiger partial charge in [0.25, 0.3) is 0 Å². The molecular formula is C10H20O3. The predicted molar refractivity (Wildman–Crippen MR) is 51.5 cm³/mol. The first-order chi connectivity index (χ1) is 6.00. The van der Waals surface area contributed by atoms with E-state index in [2.05, 4.69) is 6.92 Å². The third-order valence-electron chi connectivity index (χ3n) is 2.66. The lowest BCUT2D eigenvalue weighted by molar-refractivity contribution is -0.150. The van der Waals surface area contributed by atoms with Gasteiger partial charge in [0, 0.05) is 0 Å². The number of unbranched alkanes of at least 4 members (excludes halogenated alkanes) is 1. The van der Waals surface area contributed by atoms with Crippen molar-refractivity contribution in [1.82, 2.24) is 0 Å². The lowest BCUT2D eigenvalue weighted by atomic mass is 9.87. The van der Waals surface area contributed by atoms with Crippen LogP contribution >= 0.6 is 0 Å². The second-order valence-corrected chi connectivity index (χ2v) is 3.76. The van der Waals surface area contributed by atoms with E-state index in [1.165, 1.54) is 0 Å². The molecule has 0 bridgehead atoms. The number of carboxylic acid groups (broad SMARTS) is 1. The van der Waals surface area contributed by atoms with Gasteiger partial charge in [-0.05, 0) is 11.8 Å².